The van der Waals surface area contributed by atoms with E-state index in [4.69, 9.17) is 14.2 Å². The van der Waals surface area contributed by atoms with Crippen LogP contribution in [0.3, 0.4) is 0 Å². The molecule has 2 heterocycles. The molecule has 30 heavy (non-hydrogen) atoms. The van der Waals surface area contributed by atoms with Crippen LogP contribution in [-0.4, -0.2) is 55.9 Å². The van der Waals surface area contributed by atoms with Gasteiger partial charge in [-0.2, -0.15) is 0 Å². The molecule has 0 aromatic heterocycles. The van der Waals surface area contributed by atoms with Gasteiger partial charge in [0, 0.05) is 19.0 Å². The Bertz CT molecular complexity index is 873. The molecule has 2 atom stereocenters. The van der Waals surface area contributed by atoms with Crippen LogP contribution in [0.25, 0.3) is 0 Å². The van der Waals surface area contributed by atoms with Crippen molar-refractivity contribution in [2.45, 2.75) is 19.1 Å². The van der Waals surface area contributed by atoms with Crippen molar-refractivity contribution < 1.29 is 23.8 Å². The summed E-state index contributed by atoms with van der Waals surface area (Å²) in [5.41, 5.74) is 2.05. The van der Waals surface area contributed by atoms with Crippen LogP contribution in [0.1, 0.15) is 11.1 Å². The molecule has 1 N–H and O–H groups in total. The number of hydrogen-bond donors (Lipinski definition) is 1. The van der Waals surface area contributed by atoms with Crippen LogP contribution in [0.15, 0.2) is 54.6 Å². The minimum Gasteiger partial charge on any atom is -0.493 e. The Morgan fingerprint density at radius 2 is 1.87 bits per heavy atom. The molecule has 0 radical (unpaired) electrons. The smallest absolute Gasteiger partial charge is 0.410 e. The third kappa shape index (κ3) is 4.91. The number of amides is 2. The lowest BCUT2D eigenvalue weighted by Gasteiger charge is -2.34. The lowest BCUT2D eigenvalue weighted by atomic mass is 9.96. The minimum atomic E-state index is -0.696. The molecule has 2 aromatic rings. The molecular weight excluding hydrogens is 384 g/mol. The van der Waals surface area contributed by atoms with Crippen LogP contribution in [0.5, 0.6) is 5.75 Å². The second kappa shape index (κ2) is 9.63. The molecule has 0 saturated carbocycles. The molecule has 0 spiro atoms. The van der Waals surface area contributed by atoms with Gasteiger partial charge < -0.3 is 19.5 Å². The predicted molar refractivity (Wildman–Crippen MR) is 110 cm³/mol. The number of morpholine rings is 1. The van der Waals surface area contributed by atoms with Gasteiger partial charge in [-0.3, -0.25) is 9.69 Å². The highest BCUT2D eigenvalue weighted by Crippen LogP contribution is 2.26. The monoisotopic (exact) mass is 410 g/mol. The van der Waals surface area contributed by atoms with Gasteiger partial charge in [-0.15, -0.1) is 0 Å². The number of rotatable bonds is 5. The van der Waals surface area contributed by atoms with Crippen molar-refractivity contribution >= 4 is 12.0 Å². The van der Waals surface area contributed by atoms with E-state index in [1.54, 1.807) is 0 Å². The highest BCUT2D eigenvalue weighted by Gasteiger charge is 2.34. The molecule has 4 rings (SSSR count). The van der Waals surface area contributed by atoms with E-state index < -0.39 is 12.1 Å². The average Bonchev–Trinajstić information content (AvgIpc) is 2.81. The van der Waals surface area contributed by atoms with Crippen molar-refractivity contribution in [3.8, 4) is 5.75 Å². The fourth-order valence-corrected chi connectivity index (χ4v) is 3.73. The number of nitrogens with zero attached hydrogens (tertiary/aromatic N) is 1. The van der Waals surface area contributed by atoms with Gasteiger partial charge in [0.25, 0.3) is 0 Å². The second-order valence-corrected chi connectivity index (χ2v) is 7.56. The van der Waals surface area contributed by atoms with E-state index >= 15 is 0 Å². The van der Waals surface area contributed by atoms with E-state index in [0.717, 1.165) is 23.3 Å². The molecule has 0 aliphatic carbocycles. The van der Waals surface area contributed by atoms with E-state index in [1.165, 1.54) is 4.90 Å². The summed E-state index contributed by atoms with van der Waals surface area (Å²) in [5, 5.41) is 2.96. The predicted octanol–water partition coefficient (Wildman–Crippen LogP) is 2.39. The highest BCUT2D eigenvalue weighted by molar-refractivity contribution is 5.86. The van der Waals surface area contributed by atoms with Crippen molar-refractivity contribution in [2.75, 3.05) is 32.9 Å². The van der Waals surface area contributed by atoms with Gasteiger partial charge in [0.1, 0.15) is 18.4 Å². The quantitative estimate of drug-likeness (QED) is 0.819. The van der Waals surface area contributed by atoms with Gasteiger partial charge in [0.05, 0.1) is 19.8 Å². The summed E-state index contributed by atoms with van der Waals surface area (Å²) in [7, 11) is 0. The summed E-state index contributed by atoms with van der Waals surface area (Å²) >= 11 is 0. The Morgan fingerprint density at radius 3 is 2.73 bits per heavy atom. The molecular formula is C23H26N2O5. The van der Waals surface area contributed by atoms with Crippen molar-refractivity contribution in [1.82, 2.24) is 10.2 Å². The van der Waals surface area contributed by atoms with Crippen LogP contribution >= 0.6 is 0 Å². The van der Waals surface area contributed by atoms with Crippen molar-refractivity contribution in [2.24, 2.45) is 5.92 Å². The molecule has 2 aliphatic heterocycles. The molecule has 2 aromatic carbocycles. The molecule has 2 aliphatic rings. The summed E-state index contributed by atoms with van der Waals surface area (Å²) in [5.74, 6) is 0.866. The molecule has 2 amide bonds. The van der Waals surface area contributed by atoms with Gasteiger partial charge in [-0.05, 0) is 23.6 Å². The zero-order valence-corrected chi connectivity index (χ0v) is 16.8. The van der Waals surface area contributed by atoms with E-state index in [-0.39, 0.29) is 25.0 Å². The highest BCUT2D eigenvalue weighted by atomic mass is 16.6. The van der Waals surface area contributed by atoms with Gasteiger partial charge in [-0.25, -0.2) is 4.79 Å². The zero-order chi connectivity index (χ0) is 20.8. The first-order valence-electron chi connectivity index (χ1n) is 10.2. The Hall–Kier alpha value is -3.06. The molecule has 2 unspecified atom stereocenters. The van der Waals surface area contributed by atoms with Crippen LogP contribution in [-0.2, 0) is 27.3 Å². The second-order valence-electron chi connectivity index (χ2n) is 7.56. The minimum absolute atomic E-state index is 0.163. The summed E-state index contributed by atoms with van der Waals surface area (Å²) in [6.07, 6.45) is 0.345. The molecule has 7 nitrogen and oxygen atoms in total. The first-order chi connectivity index (χ1) is 14.7. The molecule has 158 valence electrons. The number of carbonyl (C=O) groups is 2. The van der Waals surface area contributed by atoms with Gasteiger partial charge in [-0.1, -0.05) is 48.5 Å². The zero-order valence-electron chi connectivity index (χ0n) is 16.8. The van der Waals surface area contributed by atoms with Crippen LogP contribution < -0.4 is 10.1 Å². The van der Waals surface area contributed by atoms with Gasteiger partial charge in [0.15, 0.2) is 0 Å². The van der Waals surface area contributed by atoms with Crippen LogP contribution in [0.2, 0.25) is 0 Å². The maximum atomic E-state index is 12.8. The maximum Gasteiger partial charge on any atom is 0.410 e. The van der Waals surface area contributed by atoms with E-state index in [1.807, 2.05) is 54.6 Å². The number of ether oxygens (including phenoxy) is 3. The van der Waals surface area contributed by atoms with E-state index in [2.05, 4.69) is 5.32 Å². The topological polar surface area (TPSA) is 77.1 Å². The molecule has 0 bridgehead atoms. The van der Waals surface area contributed by atoms with Gasteiger partial charge in [0.2, 0.25) is 5.91 Å². The summed E-state index contributed by atoms with van der Waals surface area (Å²) in [6.45, 7) is 2.08. The number of hydrogen-bond acceptors (Lipinski definition) is 5. The number of fused-ring (bicyclic) bond motifs is 1. The number of benzene rings is 2. The molecule has 1 saturated heterocycles. The standard InChI is InChI=1S/C23H26N2O5/c26-22(24-13-18-12-19-8-4-5-9-21(19)29-15-18)20-16-28-11-10-25(20)23(27)30-14-17-6-2-1-3-7-17/h1-9,18,20H,10-16H2,(H,24,26). The molecule has 1 fully saturated rings. The van der Waals surface area contributed by atoms with Gasteiger partial charge >= 0.3 is 6.09 Å². The molecule has 7 heteroatoms. The lowest BCUT2D eigenvalue weighted by Crippen LogP contribution is -2.56. The Kier molecular flexibility index (Phi) is 6.49. The fourth-order valence-electron chi connectivity index (χ4n) is 3.73. The summed E-state index contributed by atoms with van der Waals surface area (Å²) < 4.78 is 16.6. The van der Waals surface area contributed by atoms with Crippen LogP contribution in [0.4, 0.5) is 4.79 Å². The lowest BCUT2D eigenvalue weighted by molar-refractivity contribution is -0.131. The SMILES string of the molecule is O=C(NCC1COc2ccccc2C1)C1COCCN1C(=O)OCc1ccccc1. The Balaban J connectivity index is 1.30. The normalized spacial score (nSPS) is 20.6. The number of para-hydroxylation sites is 1. The third-order valence-corrected chi connectivity index (χ3v) is 5.39. The van der Waals surface area contributed by atoms with Crippen molar-refractivity contribution in [3.05, 3.63) is 65.7 Å². The fraction of sp³-hybridized carbons (Fsp3) is 0.391. The Labute approximate surface area is 175 Å². The van der Waals surface area contributed by atoms with Crippen molar-refractivity contribution in [1.29, 1.82) is 0 Å². The first-order valence-corrected chi connectivity index (χ1v) is 10.2. The number of nitrogens with one attached hydrogen (secondary N) is 1. The van der Waals surface area contributed by atoms with E-state index in [0.29, 0.717) is 26.3 Å². The average molecular weight is 410 g/mol. The third-order valence-electron chi connectivity index (χ3n) is 5.39. The maximum absolute atomic E-state index is 12.8. The largest absolute Gasteiger partial charge is 0.493 e. The summed E-state index contributed by atoms with van der Waals surface area (Å²) in [4.78, 5) is 26.8. The Morgan fingerprint density at radius 1 is 1.07 bits per heavy atom. The van der Waals surface area contributed by atoms with E-state index in [9.17, 15) is 9.59 Å². The summed E-state index contributed by atoms with van der Waals surface area (Å²) in [6, 6.07) is 16.7. The first kappa shape index (κ1) is 20.2. The van der Waals surface area contributed by atoms with Crippen molar-refractivity contribution in [3.63, 3.8) is 0 Å². The van der Waals surface area contributed by atoms with Crippen LogP contribution in [0, 0.1) is 5.92 Å². The number of carbonyl (C=O) groups excluding carboxylic acids is 2.